The summed E-state index contributed by atoms with van der Waals surface area (Å²) in [5, 5.41) is 0. The molecule has 106 valence electrons. The van der Waals surface area contributed by atoms with Crippen LogP contribution in [0.15, 0.2) is 46.2 Å². The van der Waals surface area contributed by atoms with Gasteiger partial charge in [0.05, 0.1) is 11.1 Å². The standard InChI is InChI=1S/C17H15NO2S/c1-10-7-8-12(9-11(10)2)21-14-6-4-5-13-15(14)17(20)18(3)16(13)19/h4-9H,1-3H3. The van der Waals surface area contributed by atoms with Crippen LogP contribution in [-0.4, -0.2) is 23.8 Å². The number of aryl methyl sites for hydroxylation is 2. The zero-order valence-electron chi connectivity index (χ0n) is 12.1. The minimum atomic E-state index is -0.225. The van der Waals surface area contributed by atoms with Gasteiger partial charge in [-0.1, -0.05) is 23.9 Å². The minimum Gasteiger partial charge on any atom is -0.277 e. The van der Waals surface area contributed by atoms with Crippen molar-refractivity contribution in [3.05, 3.63) is 58.7 Å². The van der Waals surface area contributed by atoms with E-state index in [1.807, 2.05) is 18.2 Å². The van der Waals surface area contributed by atoms with Crippen LogP contribution in [0.4, 0.5) is 0 Å². The van der Waals surface area contributed by atoms with Crippen LogP contribution in [0, 0.1) is 13.8 Å². The molecule has 2 amide bonds. The van der Waals surface area contributed by atoms with E-state index < -0.39 is 0 Å². The summed E-state index contributed by atoms with van der Waals surface area (Å²) in [6.45, 7) is 4.14. The molecule has 2 aromatic carbocycles. The second-order valence-electron chi connectivity index (χ2n) is 5.20. The van der Waals surface area contributed by atoms with Crippen molar-refractivity contribution in [2.24, 2.45) is 0 Å². The summed E-state index contributed by atoms with van der Waals surface area (Å²) in [5.74, 6) is -0.445. The molecule has 0 fully saturated rings. The van der Waals surface area contributed by atoms with Crippen LogP contribution in [-0.2, 0) is 0 Å². The van der Waals surface area contributed by atoms with Crippen molar-refractivity contribution in [3.63, 3.8) is 0 Å². The Morgan fingerprint density at radius 2 is 1.71 bits per heavy atom. The Bertz CT molecular complexity index is 767. The van der Waals surface area contributed by atoms with Gasteiger partial charge in [-0.05, 0) is 49.2 Å². The lowest BCUT2D eigenvalue weighted by Gasteiger charge is -2.08. The third-order valence-corrected chi connectivity index (χ3v) is 4.84. The number of carbonyl (C=O) groups excluding carboxylic acids is 2. The van der Waals surface area contributed by atoms with Gasteiger partial charge in [-0.2, -0.15) is 0 Å². The number of nitrogens with zero attached hydrogens (tertiary/aromatic N) is 1. The molecule has 1 aliphatic heterocycles. The molecule has 0 unspecified atom stereocenters. The molecule has 3 nitrogen and oxygen atoms in total. The third-order valence-electron chi connectivity index (χ3n) is 3.79. The van der Waals surface area contributed by atoms with Crippen LogP contribution in [0.25, 0.3) is 0 Å². The minimum absolute atomic E-state index is 0.220. The second-order valence-corrected chi connectivity index (χ2v) is 6.31. The fourth-order valence-electron chi connectivity index (χ4n) is 2.36. The molecule has 0 bridgehead atoms. The summed E-state index contributed by atoms with van der Waals surface area (Å²) in [4.78, 5) is 27.3. The van der Waals surface area contributed by atoms with Crippen LogP contribution in [0.5, 0.6) is 0 Å². The van der Waals surface area contributed by atoms with E-state index in [1.54, 1.807) is 6.07 Å². The number of imide groups is 1. The summed E-state index contributed by atoms with van der Waals surface area (Å²) in [6.07, 6.45) is 0. The molecule has 3 rings (SSSR count). The van der Waals surface area contributed by atoms with Crippen molar-refractivity contribution in [3.8, 4) is 0 Å². The highest BCUT2D eigenvalue weighted by atomic mass is 32.2. The van der Waals surface area contributed by atoms with E-state index in [2.05, 4.69) is 26.0 Å². The molecule has 0 aliphatic carbocycles. The summed E-state index contributed by atoms with van der Waals surface area (Å²) in [6, 6.07) is 11.6. The summed E-state index contributed by atoms with van der Waals surface area (Å²) in [7, 11) is 1.52. The highest BCUT2D eigenvalue weighted by Crippen LogP contribution is 2.36. The molecule has 0 spiro atoms. The molecular weight excluding hydrogens is 282 g/mol. The van der Waals surface area contributed by atoms with Gasteiger partial charge >= 0.3 is 0 Å². The quantitative estimate of drug-likeness (QED) is 0.794. The Kier molecular flexibility index (Phi) is 3.33. The zero-order chi connectivity index (χ0) is 15.1. The molecule has 0 radical (unpaired) electrons. The third kappa shape index (κ3) is 2.25. The predicted octanol–water partition coefficient (Wildman–Crippen LogP) is 3.68. The van der Waals surface area contributed by atoms with Crippen molar-refractivity contribution in [1.82, 2.24) is 4.90 Å². The van der Waals surface area contributed by atoms with Gasteiger partial charge in [0.1, 0.15) is 0 Å². The maximum Gasteiger partial charge on any atom is 0.262 e. The van der Waals surface area contributed by atoms with E-state index >= 15 is 0 Å². The van der Waals surface area contributed by atoms with Gasteiger partial charge in [0.2, 0.25) is 0 Å². The number of hydrogen-bond donors (Lipinski definition) is 0. The van der Waals surface area contributed by atoms with E-state index in [1.165, 1.54) is 34.8 Å². The Morgan fingerprint density at radius 1 is 0.952 bits per heavy atom. The number of hydrogen-bond acceptors (Lipinski definition) is 3. The largest absolute Gasteiger partial charge is 0.277 e. The average molecular weight is 297 g/mol. The van der Waals surface area contributed by atoms with Crippen LogP contribution in [0.3, 0.4) is 0 Å². The topological polar surface area (TPSA) is 37.4 Å². The molecule has 1 heterocycles. The monoisotopic (exact) mass is 297 g/mol. The first kappa shape index (κ1) is 13.9. The fraction of sp³-hybridized carbons (Fsp3) is 0.176. The maximum absolute atomic E-state index is 12.2. The smallest absolute Gasteiger partial charge is 0.262 e. The van der Waals surface area contributed by atoms with Gasteiger partial charge in [-0.3, -0.25) is 14.5 Å². The second kappa shape index (κ2) is 5.04. The molecule has 2 aromatic rings. The Labute approximate surface area is 128 Å². The molecular formula is C17H15NO2S. The fourth-order valence-corrected chi connectivity index (χ4v) is 3.43. The Balaban J connectivity index is 2.04. The predicted molar refractivity (Wildman–Crippen MR) is 82.9 cm³/mol. The normalized spacial score (nSPS) is 13.8. The van der Waals surface area contributed by atoms with Gasteiger partial charge < -0.3 is 0 Å². The molecule has 0 N–H and O–H groups in total. The molecule has 0 atom stereocenters. The van der Waals surface area contributed by atoms with Gasteiger partial charge in [-0.15, -0.1) is 0 Å². The van der Waals surface area contributed by atoms with Gasteiger partial charge in [0, 0.05) is 16.8 Å². The number of amides is 2. The Hall–Kier alpha value is -2.07. The lowest BCUT2D eigenvalue weighted by Crippen LogP contribution is -2.24. The van der Waals surface area contributed by atoms with Crippen LogP contribution < -0.4 is 0 Å². The maximum atomic E-state index is 12.2. The number of benzene rings is 2. The van der Waals surface area contributed by atoms with E-state index in [-0.39, 0.29) is 11.8 Å². The van der Waals surface area contributed by atoms with Crippen molar-refractivity contribution >= 4 is 23.6 Å². The first-order chi connectivity index (χ1) is 9.99. The SMILES string of the molecule is Cc1ccc(Sc2cccc3c2C(=O)N(C)C3=O)cc1C. The first-order valence-electron chi connectivity index (χ1n) is 6.69. The van der Waals surface area contributed by atoms with Crippen molar-refractivity contribution in [2.75, 3.05) is 7.05 Å². The number of fused-ring (bicyclic) bond motifs is 1. The highest BCUT2D eigenvalue weighted by molar-refractivity contribution is 7.99. The molecule has 0 aromatic heterocycles. The first-order valence-corrected chi connectivity index (χ1v) is 7.51. The summed E-state index contributed by atoms with van der Waals surface area (Å²) in [5.41, 5.74) is 3.47. The van der Waals surface area contributed by atoms with Gasteiger partial charge in [-0.25, -0.2) is 0 Å². The molecule has 0 saturated heterocycles. The van der Waals surface area contributed by atoms with E-state index in [4.69, 9.17) is 0 Å². The van der Waals surface area contributed by atoms with Crippen LogP contribution in [0.1, 0.15) is 31.8 Å². The van der Waals surface area contributed by atoms with Crippen molar-refractivity contribution < 1.29 is 9.59 Å². The van der Waals surface area contributed by atoms with Gasteiger partial charge in [0.15, 0.2) is 0 Å². The lowest BCUT2D eigenvalue weighted by atomic mass is 10.1. The zero-order valence-corrected chi connectivity index (χ0v) is 13.0. The van der Waals surface area contributed by atoms with Crippen LogP contribution >= 0.6 is 11.8 Å². The van der Waals surface area contributed by atoms with Crippen LogP contribution in [0.2, 0.25) is 0 Å². The van der Waals surface area contributed by atoms with E-state index in [0.717, 1.165) is 9.79 Å². The molecule has 21 heavy (non-hydrogen) atoms. The van der Waals surface area contributed by atoms with Crippen molar-refractivity contribution in [1.29, 1.82) is 0 Å². The highest BCUT2D eigenvalue weighted by Gasteiger charge is 2.34. The summed E-state index contributed by atoms with van der Waals surface area (Å²) >= 11 is 1.52. The summed E-state index contributed by atoms with van der Waals surface area (Å²) < 4.78 is 0. The number of rotatable bonds is 2. The van der Waals surface area contributed by atoms with Gasteiger partial charge in [0.25, 0.3) is 11.8 Å². The van der Waals surface area contributed by atoms with Crippen molar-refractivity contribution in [2.45, 2.75) is 23.6 Å². The average Bonchev–Trinajstić information content (AvgIpc) is 2.69. The molecule has 0 saturated carbocycles. The number of carbonyl (C=O) groups is 2. The lowest BCUT2D eigenvalue weighted by molar-refractivity contribution is 0.0692. The van der Waals surface area contributed by atoms with E-state index in [9.17, 15) is 9.59 Å². The Morgan fingerprint density at radius 3 is 2.43 bits per heavy atom. The molecule has 1 aliphatic rings. The van der Waals surface area contributed by atoms with E-state index in [0.29, 0.717) is 11.1 Å². The molecule has 4 heteroatoms.